The highest BCUT2D eigenvalue weighted by Gasteiger charge is 2.23. The number of hydrogen-bond acceptors (Lipinski definition) is 7. The molecule has 4 heterocycles. The van der Waals surface area contributed by atoms with E-state index >= 15 is 0 Å². The number of amides is 1. The summed E-state index contributed by atoms with van der Waals surface area (Å²) in [5, 5.41) is 1.14. The van der Waals surface area contributed by atoms with Crippen LogP contribution in [-0.4, -0.2) is 40.1 Å². The number of ether oxygens (including phenoxy) is 1. The van der Waals surface area contributed by atoms with Crippen LogP contribution in [0.4, 0.5) is 5.82 Å². The highest BCUT2D eigenvalue weighted by Crippen LogP contribution is 2.32. The Morgan fingerprint density at radius 3 is 2.85 bits per heavy atom. The third-order valence-corrected chi connectivity index (χ3v) is 5.92. The van der Waals surface area contributed by atoms with E-state index < -0.39 is 5.91 Å². The molecule has 0 radical (unpaired) electrons. The minimum atomic E-state index is -0.551. The molecule has 3 aromatic rings. The van der Waals surface area contributed by atoms with Crippen LogP contribution in [0.25, 0.3) is 10.2 Å². The summed E-state index contributed by atoms with van der Waals surface area (Å²) in [6.07, 6.45) is 6.06. The molecule has 0 bridgehead atoms. The van der Waals surface area contributed by atoms with E-state index in [1.807, 2.05) is 0 Å². The molecule has 1 aliphatic heterocycles. The van der Waals surface area contributed by atoms with Gasteiger partial charge in [-0.15, -0.1) is 11.3 Å². The summed E-state index contributed by atoms with van der Waals surface area (Å²) in [4.78, 5) is 28.8. The molecule has 0 aromatic carbocycles. The summed E-state index contributed by atoms with van der Waals surface area (Å²) in [6.45, 7) is 3.88. The van der Waals surface area contributed by atoms with Gasteiger partial charge in [0.25, 0.3) is 5.91 Å². The maximum Gasteiger partial charge on any atom is 0.267 e. The second-order valence-electron chi connectivity index (χ2n) is 6.53. The first-order valence-corrected chi connectivity index (χ1v) is 9.86. The Labute approximate surface area is 161 Å². The highest BCUT2D eigenvalue weighted by molar-refractivity contribution is 7.18. The number of thiophene rings is 1. The van der Waals surface area contributed by atoms with Crippen molar-refractivity contribution in [1.82, 2.24) is 15.0 Å². The van der Waals surface area contributed by atoms with Gasteiger partial charge in [-0.1, -0.05) is 6.92 Å². The quantitative estimate of drug-likeness (QED) is 0.728. The second-order valence-corrected chi connectivity index (χ2v) is 7.64. The molecule has 1 aliphatic rings. The lowest BCUT2D eigenvalue weighted by molar-refractivity contribution is 0.0994. The van der Waals surface area contributed by atoms with Gasteiger partial charge in [0, 0.05) is 43.1 Å². The Morgan fingerprint density at radius 2 is 2.11 bits per heavy atom. The van der Waals surface area contributed by atoms with Crippen LogP contribution in [0.5, 0.6) is 5.75 Å². The van der Waals surface area contributed by atoms with Gasteiger partial charge in [-0.3, -0.25) is 9.78 Å². The normalized spacial score (nSPS) is 15.2. The Bertz CT molecular complexity index is 966. The summed E-state index contributed by atoms with van der Waals surface area (Å²) in [5.74, 6) is 1.09. The molecule has 140 valence electrons. The smallest absolute Gasteiger partial charge is 0.267 e. The lowest BCUT2D eigenvalue weighted by Gasteiger charge is -2.33. The Hall–Kier alpha value is -2.74. The van der Waals surface area contributed by atoms with Gasteiger partial charge in [0.1, 0.15) is 34.5 Å². The number of carbonyl (C=O) groups is 1. The molecule has 27 heavy (non-hydrogen) atoms. The van der Waals surface area contributed by atoms with Gasteiger partial charge >= 0.3 is 0 Å². The van der Waals surface area contributed by atoms with E-state index in [2.05, 4.69) is 32.8 Å². The van der Waals surface area contributed by atoms with E-state index in [9.17, 15) is 4.79 Å². The molecule has 3 aromatic heterocycles. The van der Waals surface area contributed by atoms with Crippen molar-refractivity contribution in [2.75, 3.05) is 18.0 Å². The molecule has 0 aliphatic carbocycles. The largest absolute Gasteiger partial charge is 0.490 e. The molecule has 0 saturated carbocycles. The van der Waals surface area contributed by atoms with E-state index in [1.165, 1.54) is 4.88 Å². The molecule has 4 rings (SSSR count). The number of anilines is 1. The average Bonchev–Trinajstić information content (AvgIpc) is 3.12. The van der Waals surface area contributed by atoms with Crippen LogP contribution >= 0.6 is 11.3 Å². The first-order valence-electron chi connectivity index (χ1n) is 9.05. The van der Waals surface area contributed by atoms with Crippen LogP contribution in [0.15, 0.2) is 30.7 Å². The third-order valence-electron chi connectivity index (χ3n) is 4.74. The van der Waals surface area contributed by atoms with Crippen LogP contribution in [0, 0.1) is 0 Å². The number of aryl methyl sites for hydroxylation is 1. The zero-order valence-corrected chi connectivity index (χ0v) is 15.9. The first-order chi connectivity index (χ1) is 13.1. The number of nitrogens with zero attached hydrogens (tertiary/aromatic N) is 4. The average molecular weight is 383 g/mol. The van der Waals surface area contributed by atoms with E-state index in [-0.39, 0.29) is 11.8 Å². The van der Waals surface area contributed by atoms with E-state index in [0.717, 1.165) is 48.4 Å². The van der Waals surface area contributed by atoms with Crippen molar-refractivity contribution in [3.05, 3.63) is 41.3 Å². The summed E-state index contributed by atoms with van der Waals surface area (Å²) in [5.41, 5.74) is 5.50. The third kappa shape index (κ3) is 3.71. The zero-order valence-electron chi connectivity index (χ0n) is 15.1. The van der Waals surface area contributed by atoms with E-state index in [4.69, 9.17) is 10.5 Å². The van der Waals surface area contributed by atoms with Crippen LogP contribution in [0.1, 0.15) is 35.1 Å². The van der Waals surface area contributed by atoms with Gasteiger partial charge in [0.2, 0.25) is 0 Å². The summed E-state index contributed by atoms with van der Waals surface area (Å²) in [6, 6.07) is 5.56. The maximum absolute atomic E-state index is 11.3. The lowest BCUT2D eigenvalue weighted by Crippen LogP contribution is -2.38. The minimum absolute atomic E-state index is 0.0929. The fourth-order valence-corrected chi connectivity index (χ4v) is 4.25. The zero-order chi connectivity index (χ0) is 18.8. The number of primary amides is 1. The van der Waals surface area contributed by atoms with Crippen LogP contribution in [0.3, 0.4) is 0 Å². The first kappa shape index (κ1) is 17.7. The number of aromatic nitrogens is 3. The second kappa shape index (κ2) is 7.48. The van der Waals surface area contributed by atoms with Crippen molar-refractivity contribution in [3.63, 3.8) is 0 Å². The maximum atomic E-state index is 11.3. The molecule has 2 N–H and O–H groups in total. The minimum Gasteiger partial charge on any atom is -0.490 e. The number of hydrogen-bond donors (Lipinski definition) is 1. The SMILES string of the molecule is CCc1cc2c(N3CCC(Oc4ccnc(C(N)=O)c4)CC3)ncnc2s1. The van der Waals surface area contributed by atoms with Crippen molar-refractivity contribution in [2.45, 2.75) is 32.3 Å². The molecule has 8 heteroatoms. The number of fused-ring (bicyclic) bond motifs is 1. The highest BCUT2D eigenvalue weighted by atomic mass is 32.1. The van der Waals surface area contributed by atoms with Gasteiger partial charge in [-0.25, -0.2) is 9.97 Å². The summed E-state index contributed by atoms with van der Waals surface area (Å²) in [7, 11) is 0. The monoisotopic (exact) mass is 383 g/mol. The molecular formula is C19H21N5O2S. The van der Waals surface area contributed by atoms with Gasteiger partial charge in [0.05, 0.1) is 5.39 Å². The van der Waals surface area contributed by atoms with Crippen LogP contribution in [-0.2, 0) is 6.42 Å². The Balaban J connectivity index is 1.44. The van der Waals surface area contributed by atoms with Crippen LogP contribution < -0.4 is 15.4 Å². The number of carbonyl (C=O) groups excluding carboxylic acids is 1. The van der Waals surface area contributed by atoms with Gasteiger partial charge in [-0.05, 0) is 18.6 Å². The van der Waals surface area contributed by atoms with Crippen molar-refractivity contribution in [2.24, 2.45) is 5.73 Å². The van der Waals surface area contributed by atoms with Crippen molar-refractivity contribution in [3.8, 4) is 5.75 Å². The fourth-order valence-electron chi connectivity index (χ4n) is 3.32. The Kier molecular flexibility index (Phi) is 4.89. The van der Waals surface area contributed by atoms with E-state index in [1.54, 1.807) is 36.0 Å². The number of rotatable bonds is 5. The fraction of sp³-hybridized carbons (Fsp3) is 0.368. The van der Waals surface area contributed by atoms with Gasteiger partial charge in [0.15, 0.2) is 0 Å². The van der Waals surface area contributed by atoms with Crippen LogP contribution in [0.2, 0.25) is 0 Å². The molecule has 1 fully saturated rings. The number of pyridine rings is 1. The molecule has 0 spiro atoms. The lowest BCUT2D eigenvalue weighted by atomic mass is 10.1. The number of nitrogens with two attached hydrogens (primary N) is 1. The van der Waals surface area contributed by atoms with Crippen molar-refractivity contribution < 1.29 is 9.53 Å². The summed E-state index contributed by atoms with van der Waals surface area (Å²) < 4.78 is 6.03. The Morgan fingerprint density at radius 1 is 1.30 bits per heavy atom. The number of piperidine rings is 1. The predicted octanol–water partition coefficient (Wildman–Crippen LogP) is 2.80. The van der Waals surface area contributed by atoms with E-state index in [0.29, 0.717) is 5.75 Å². The summed E-state index contributed by atoms with van der Waals surface area (Å²) >= 11 is 1.74. The standard InChI is InChI=1S/C19H21N5O2S/c1-2-14-10-15-18(22-11-23-19(15)27-14)24-7-4-12(5-8-24)26-13-3-6-21-16(9-13)17(20)25/h3,6,9-12H,2,4-5,7-8H2,1H3,(H2,20,25). The molecule has 1 amide bonds. The molecular weight excluding hydrogens is 362 g/mol. The van der Waals surface area contributed by atoms with Gasteiger partial charge < -0.3 is 15.4 Å². The molecule has 1 saturated heterocycles. The topological polar surface area (TPSA) is 94.2 Å². The molecule has 7 nitrogen and oxygen atoms in total. The molecule has 0 atom stereocenters. The predicted molar refractivity (Wildman–Crippen MR) is 105 cm³/mol. The van der Waals surface area contributed by atoms with Crippen molar-refractivity contribution in [1.29, 1.82) is 0 Å². The van der Waals surface area contributed by atoms with Crippen molar-refractivity contribution >= 4 is 33.3 Å². The van der Waals surface area contributed by atoms with Gasteiger partial charge in [-0.2, -0.15) is 0 Å². The molecule has 0 unspecified atom stereocenters.